The quantitative estimate of drug-likeness (QED) is 0.270. The Hall–Kier alpha value is -4.40. The van der Waals surface area contributed by atoms with Crippen molar-refractivity contribution in [3.8, 4) is 0 Å². The first-order valence-corrected chi connectivity index (χ1v) is 8.95. The summed E-state index contributed by atoms with van der Waals surface area (Å²) < 4.78 is 3.05. The molecule has 0 aliphatic rings. The zero-order chi connectivity index (χ0) is 21.3. The third kappa shape index (κ3) is 5.32. The first kappa shape index (κ1) is 20.3. The topological polar surface area (TPSA) is 106 Å². The first-order chi connectivity index (χ1) is 14.6. The SMILES string of the molecule is C=Cn1c([N+](=O)[O-])cnc1C=Cc1ccc(C=NNC(=O)C[n+]2ccccc2)cc1. The second kappa shape index (κ2) is 9.69. The number of imidazole rings is 1. The standard InChI is InChI=1S/C21H18N6O3/c1-2-26-19(22-15-21(26)27(29)30)11-10-17-6-8-18(9-7-17)14-23-24-20(28)16-25-12-4-3-5-13-25/h2-15H,1,16H2/p+1. The molecule has 0 fully saturated rings. The van der Waals surface area contributed by atoms with Gasteiger partial charge < -0.3 is 10.1 Å². The van der Waals surface area contributed by atoms with Crippen LogP contribution in [0.5, 0.6) is 0 Å². The largest absolute Gasteiger partial charge is 0.358 e. The number of hydrazone groups is 1. The van der Waals surface area contributed by atoms with Crippen LogP contribution in [0.15, 0.2) is 72.7 Å². The number of pyridine rings is 1. The summed E-state index contributed by atoms with van der Waals surface area (Å²) >= 11 is 0. The van der Waals surface area contributed by atoms with Crippen LogP contribution in [-0.2, 0) is 11.3 Å². The Kier molecular flexibility index (Phi) is 6.57. The molecule has 9 heteroatoms. The van der Waals surface area contributed by atoms with Gasteiger partial charge in [-0.1, -0.05) is 36.9 Å². The van der Waals surface area contributed by atoms with Crippen LogP contribution in [0.25, 0.3) is 18.4 Å². The highest BCUT2D eigenvalue weighted by Crippen LogP contribution is 2.16. The van der Waals surface area contributed by atoms with E-state index in [2.05, 4.69) is 22.1 Å². The van der Waals surface area contributed by atoms with Gasteiger partial charge in [0.15, 0.2) is 12.4 Å². The average molecular weight is 403 g/mol. The molecule has 30 heavy (non-hydrogen) atoms. The Morgan fingerprint density at radius 3 is 2.57 bits per heavy atom. The van der Waals surface area contributed by atoms with Crippen LogP contribution in [0.1, 0.15) is 17.0 Å². The van der Waals surface area contributed by atoms with E-state index in [0.717, 1.165) is 11.1 Å². The molecular weight excluding hydrogens is 384 g/mol. The molecule has 3 aromatic rings. The van der Waals surface area contributed by atoms with Crippen molar-refractivity contribution in [3.63, 3.8) is 0 Å². The first-order valence-electron chi connectivity index (χ1n) is 8.95. The van der Waals surface area contributed by atoms with E-state index in [1.54, 1.807) is 35.3 Å². The highest BCUT2D eigenvalue weighted by molar-refractivity contribution is 5.82. The fourth-order valence-electron chi connectivity index (χ4n) is 2.59. The smallest absolute Gasteiger partial charge is 0.347 e. The maximum absolute atomic E-state index is 11.9. The van der Waals surface area contributed by atoms with Gasteiger partial charge in [-0.05, 0) is 22.1 Å². The van der Waals surface area contributed by atoms with Crippen molar-refractivity contribution in [2.75, 3.05) is 0 Å². The van der Waals surface area contributed by atoms with Crippen LogP contribution in [-0.4, -0.2) is 26.6 Å². The van der Waals surface area contributed by atoms with Gasteiger partial charge in [0.1, 0.15) is 6.20 Å². The van der Waals surface area contributed by atoms with Crippen molar-refractivity contribution in [2.45, 2.75) is 6.54 Å². The Labute approximate surface area is 172 Å². The van der Waals surface area contributed by atoms with Gasteiger partial charge in [-0.3, -0.25) is 4.79 Å². The molecule has 0 atom stereocenters. The number of carbonyl (C=O) groups is 1. The second-order valence-corrected chi connectivity index (χ2v) is 6.13. The Balaban J connectivity index is 1.58. The van der Waals surface area contributed by atoms with E-state index in [-0.39, 0.29) is 18.3 Å². The van der Waals surface area contributed by atoms with Gasteiger partial charge in [0.25, 0.3) is 0 Å². The van der Waals surface area contributed by atoms with Crippen LogP contribution in [0.2, 0.25) is 0 Å². The van der Waals surface area contributed by atoms with E-state index in [0.29, 0.717) is 5.82 Å². The van der Waals surface area contributed by atoms with E-state index in [1.165, 1.54) is 17.0 Å². The zero-order valence-corrected chi connectivity index (χ0v) is 16.0. The molecule has 0 aliphatic heterocycles. The van der Waals surface area contributed by atoms with Crippen LogP contribution < -0.4 is 9.99 Å². The molecule has 0 spiro atoms. The highest BCUT2D eigenvalue weighted by Gasteiger charge is 2.15. The lowest BCUT2D eigenvalue weighted by molar-refractivity contribution is -0.684. The van der Waals surface area contributed by atoms with E-state index < -0.39 is 4.92 Å². The van der Waals surface area contributed by atoms with Crippen molar-refractivity contribution in [2.24, 2.45) is 5.10 Å². The molecule has 0 saturated carbocycles. The summed E-state index contributed by atoms with van der Waals surface area (Å²) in [5.41, 5.74) is 4.17. The number of rotatable bonds is 8. The van der Waals surface area contributed by atoms with Crippen molar-refractivity contribution < 1.29 is 14.3 Å². The summed E-state index contributed by atoms with van der Waals surface area (Å²) in [6, 6.07) is 13.0. The van der Waals surface area contributed by atoms with Crippen molar-refractivity contribution in [1.82, 2.24) is 15.0 Å². The number of carbonyl (C=O) groups excluding carboxylic acids is 1. The molecule has 2 aromatic heterocycles. The lowest BCUT2D eigenvalue weighted by Crippen LogP contribution is -2.40. The Morgan fingerprint density at radius 2 is 1.90 bits per heavy atom. The maximum atomic E-state index is 11.9. The van der Waals surface area contributed by atoms with Gasteiger partial charge in [-0.2, -0.15) is 14.2 Å². The van der Waals surface area contributed by atoms with Gasteiger partial charge in [-0.15, -0.1) is 0 Å². The van der Waals surface area contributed by atoms with Crippen molar-refractivity contribution in [1.29, 1.82) is 0 Å². The minimum Gasteiger partial charge on any atom is -0.358 e. The van der Waals surface area contributed by atoms with Gasteiger partial charge >= 0.3 is 11.7 Å². The zero-order valence-electron chi connectivity index (χ0n) is 16.0. The van der Waals surface area contributed by atoms with Gasteiger partial charge in [0.05, 0.1) is 12.4 Å². The highest BCUT2D eigenvalue weighted by atomic mass is 16.6. The molecule has 0 saturated heterocycles. The predicted molar refractivity (Wildman–Crippen MR) is 113 cm³/mol. The average Bonchev–Trinajstić information content (AvgIpc) is 3.17. The molecule has 1 N–H and O–H groups in total. The number of amides is 1. The molecular formula is C21H19N6O3+. The molecule has 2 heterocycles. The molecule has 9 nitrogen and oxygen atoms in total. The molecule has 1 aromatic carbocycles. The lowest BCUT2D eigenvalue weighted by Gasteiger charge is -1.98. The minimum atomic E-state index is -0.516. The lowest BCUT2D eigenvalue weighted by atomic mass is 10.1. The number of nitrogens with one attached hydrogen (secondary N) is 1. The molecule has 1 amide bonds. The van der Waals surface area contributed by atoms with Crippen LogP contribution in [0.4, 0.5) is 5.82 Å². The minimum absolute atomic E-state index is 0.149. The number of nitro groups is 1. The van der Waals surface area contributed by atoms with E-state index >= 15 is 0 Å². The maximum Gasteiger partial charge on any atom is 0.347 e. The third-order valence-electron chi connectivity index (χ3n) is 4.04. The number of hydrogen-bond acceptors (Lipinski definition) is 5. The van der Waals surface area contributed by atoms with E-state index in [1.807, 2.05) is 42.5 Å². The fraction of sp³-hybridized carbons (Fsp3) is 0.0476. The number of nitrogens with zero attached hydrogens (tertiary/aromatic N) is 5. The van der Waals surface area contributed by atoms with E-state index in [4.69, 9.17) is 0 Å². The predicted octanol–water partition coefficient (Wildman–Crippen LogP) is 2.50. The van der Waals surface area contributed by atoms with Crippen molar-refractivity contribution in [3.05, 3.63) is 94.7 Å². The number of benzene rings is 1. The van der Waals surface area contributed by atoms with Crippen LogP contribution in [0, 0.1) is 10.1 Å². The second-order valence-electron chi connectivity index (χ2n) is 6.13. The molecule has 0 unspecified atom stereocenters. The summed E-state index contributed by atoms with van der Waals surface area (Å²) in [7, 11) is 0. The van der Waals surface area contributed by atoms with Crippen LogP contribution in [0.3, 0.4) is 0 Å². The van der Waals surface area contributed by atoms with Crippen LogP contribution >= 0.6 is 0 Å². The summed E-state index contributed by atoms with van der Waals surface area (Å²) in [6.45, 7) is 3.76. The summed E-state index contributed by atoms with van der Waals surface area (Å²) in [5.74, 6) is 0.0269. The molecule has 0 radical (unpaired) electrons. The number of hydrogen-bond donors (Lipinski definition) is 1. The molecule has 3 rings (SSSR count). The number of aromatic nitrogens is 3. The third-order valence-corrected chi connectivity index (χ3v) is 4.04. The monoisotopic (exact) mass is 403 g/mol. The van der Waals surface area contributed by atoms with Gasteiger partial charge in [0, 0.05) is 18.2 Å². The fourth-order valence-corrected chi connectivity index (χ4v) is 2.59. The van der Waals surface area contributed by atoms with Gasteiger partial charge in [0.2, 0.25) is 12.4 Å². The summed E-state index contributed by atoms with van der Waals surface area (Å²) in [5, 5.41) is 14.9. The molecule has 150 valence electrons. The Morgan fingerprint density at radius 1 is 1.20 bits per heavy atom. The summed E-state index contributed by atoms with van der Waals surface area (Å²) in [6.07, 6.45) is 11.1. The molecule has 0 aliphatic carbocycles. The van der Waals surface area contributed by atoms with E-state index in [9.17, 15) is 14.9 Å². The summed E-state index contributed by atoms with van der Waals surface area (Å²) in [4.78, 5) is 26.3. The molecule has 0 bridgehead atoms. The van der Waals surface area contributed by atoms with Crippen molar-refractivity contribution >= 4 is 36.3 Å². The normalized spacial score (nSPS) is 11.1. The van der Waals surface area contributed by atoms with Gasteiger partial charge in [-0.25, -0.2) is 10.4 Å². The Bertz CT molecular complexity index is 1100.